The van der Waals surface area contributed by atoms with Crippen LogP contribution >= 0.6 is 0 Å². The number of nitrogens with one attached hydrogen (secondary N) is 1. The number of carbonyl (C=O) groups is 1. The van der Waals surface area contributed by atoms with Crippen molar-refractivity contribution in [2.45, 2.75) is 39.5 Å². The molecule has 0 radical (unpaired) electrons. The fourth-order valence-corrected chi connectivity index (χ4v) is 2.22. The Morgan fingerprint density at radius 2 is 2.16 bits per heavy atom. The Kier molecular flexibility index (Phi) is 4.55. The molecule has 0 atom stereocenters. The van der Waals surface area contributed by atoms with Crippen LogP contribution in [0.4, 0.5) is 0 Å². The normalized spacial score (nSPS) is 10.8. The van der Waals surface area contributed by atoms with Gasteiger partial charge in [0.15, 0.2) is 0 Å². The van der Waals surface area contributed by atoms with Crippen LogP contribution in [0.2, 0.25) is 0 Å². The molecule has 19 heavy (non-hydrogen) atoms. The summed E-state index contributed by atoms with van der Waals surface area (Å²) in [7, 11) is 0. The van der Waals surface area contributed by atoms with E-state index in [2.05, 4.69) is 17.2 Å². The van der Waals surface area contributed by atoms with Crippen molar-refractivity contribution in [2.75, 3.05) is 6.54 Å². The molecule has 4 heteroatoms. The van der Waals surface area contributed by atoms with Gasteiger partial charge in [-0.25, -0.2) is 4.98 Å². The lowest BCUT2D eigenvalue weighted by molar-refractivity contribution is 0.0946. The van der Waals surface area contributed by atoms with E-state index in [-0.39, 0.29) is 5.91 Å². The third kappa shape index (κ3) is 3.13. The minimum Gasteiger partial charge on any atom is -0.351 e. The van der Waals surface area contributed by atoms with Crippen LogP contribution in [0.15, 0.2) is 24.4 Å². The van der Waals surface area contributed by atoms with Crippen LogP contribution < -0.4 is 5.32 Å². The number of nitrogens with zero attached hydrogens (tertiary/aromatic N) is 2. The molecule has 102 valence electrons. The third-order valence-corrected chi connectivity index (χ3v) is 3.24. The molecule has 2 rings (SSSR count). The van der Waals surface area contributed by atoms with E-state index in [1.165, 1.54) is 19.3 Å². The standard InChI is InChI=1S/C15H21N3O/c1-3-4-5-7-10-16-15(19)14-12(2)17-13-9-6-8-11-18(13)14/h6,8-9,11H,3-5,7,10H2,1-2H3,(H,16,19). The highest BCUT2D eigenvalue weighted by Crippen LogP contribution is 2.11. The molecular formula is C15H21N3O. The van der Waals surface area contributed by atoms with Crippen LogP contribution in [-0.2, 0) is 0 Å². The molecule has 0 aliphatic carbocycles. The highest BCUT2D eigenvalue weighted by Gasteiger charge is 2.15. The number of hydrogen-bond donors (Lipinski definition) is 1. The zero-order chi connectivity index (χ0) is 13.7. The average molecular weight is 259 g/mol. The van der Waals surface area contributed by atoms with Crippen molar-refractivity contribution in [1.29, 1.82) is 0 Å². The number of unbranched alkanes of at least 4 members (excludes halogenated alkanes) is 3. The van der Waals surface area contributed by atoms with Gasteiger partial charge in [-0.05, 0) is 25.5 Å². The third-order valence-electron chi connectivity index (χ3n) is 3.24. The average Bonchev–Trinajstić information content (AvgIpc) is 2.74. The second-order valence-electron chi connectivity index (χ2n) is 4.79. The van der Waals surface area contributed by atoms with Gasteiger partial charge in [-0.1, -0.05) is 32.3 Å². The number of hydrogen-bond acceptors (Lipinski definition) is 2. The van der Waals surface area contributed by atoms with E-state index < -0.39 is 0 Å². The zero-order valence-electron chi connectivity index (χ0n) is 11.6. The van der Waals surface area contributed by atoms with E-state index >= 15 is 0 Å². The first kappa shape index (κ1) is 13.6. The van der Waals surface area contributed by atoms with E-state index in [1.54, 1.807) is 0 Å². The molecule has 0 fully saturated rings. The van der Waals surface area contributed by atoms with Crippen molar-refractivity contribution in [1.82, 2.24) is 14.7 Å². The fourth-order valence-electron chi connectivity index (χ4n) is 2.22. The molecule has 0 spiro atoms. The van der Waals surface area contributed by atoms with E-state index in [1.807, 2.05) is 35.7 Å². The molecule has 1 amide bonds. The second-order valence-corrected chi connectivity index (χ2v) is 4.79. The molecular weight excluding hydrogens is 238 g/mol. The lowest BCUT2D eigenvalue weighted by Gasteiger charge is -2.05. The monoisotopic (exact) mass is 259 g/mol. The quantitative estimate of drug-likeness (QED) is 0.811. The summed E-state index contributed by atoms with van der Waals surface area (Å²) in [6.45, 7) is 4.79. The molecule has 0 bridgehead atoms. The molecule has 0 saturated heterocycles. The number of imidazole rings is 1. The number of carbonyl (C=O) groups excluding carboxylic acids is 1. The molecule has 0 unspecified atom stereocenters. The van der Waals surface area contributed by atoms with Gasteiger partial charge in [0.1, 0.15) is 11.3 Å². The summed E-state index contributed by atoms with van der Waals surface area (Å²) in [6, 6.07) is 5.74. The molecule has 1 N–H and O–H groups in total. The summed E-state index contributed by atoms with van der Waals surface area (Å²) in [5.41, 5.74) is 2.24. The first-order chi connectivity index (χ1) is 9.24. The van der Waals surface area contributed by atoms with E-state index in [0.717, 1.165) is 24.3 Å². The predicted octanol–water partition coefficient (Wildman–Crippen LogP) is 2.95. The smallest absolute Gasteiger partial charge is 0.270 e. The number of amides is 1. The van der Waals surface area contributed by atoms with Crippen LogP contribution in [0.3, 0.4) is 0 Å². The first-order valence-electron chi connectivity index (χ1n) is 6.96. The van der Waals surface area contributed by atoms with Gasteiger partial charge in [0.2, 0.25) is 0 Å². The van der Waals surface area contributed by atoms with Crippen LogP contribution in [0.5, 0.6) is 0 Å². The Balaban J connectivity index is 2.03. The van der Waals surface area contributed by atoms with Crippen molar-refractivity contribution in [2.24, 2.45) is 0 Å². The Bertz CT molecular complexity index is 560. The van der Waals surface area contributed by atoms with Gasteiger partial charge in [-0.3, -0.25) is 9.20 Å². The summed E-state index contributed by atoms with van der Waals surface area (Å²) >= 11 is 0. The first-order valence-corrected chi connectivity index (χ1v) is 6.96. The Morgan fingerprint density at radius 1 is 1.32 bits per heavy atom. The molecule has 2 aromatic rings. The maximum absolute atomic E-state index is 12.2. The number of aryl methyl sites for hydroxylation is 1. The van der Waals surface area contributed by atoms with E-state index in [4.69, 9.17) is 0 Å². The SMILES string of the molecule is CCCCCCNC(=O)c1c(C)nc2ccccn12. The van der Waals surface area contributed by atoms with Gasteiger partial charge < -0.3 is 5.32 Å². The number of pyridine rings is 1. The minimum atomic E-state index is -0.0345. The molecule has 4 nitrogen and oxygen atoms in total. The highest BCUT2D eigenvalue weighted by molar-refractivity contribution is 5.94. The molecule has 0 aromatic carbocycles. The molecule has 0 saturated carbocycles. The van der Waals surface area contributed by atoms with Gasteiger partial charge in [0.25, 0.3) is 5.91 Å². The van der Waals surface area contributed by atoms with Crippen LogP contribution in [0.25, 0.3) is 5.65 Å². The molecule has 0 aliphatic rings. The molecule has 0 aliphatic heterocycles. The van der Waals surface area contributed by atoms with Gasteiger partial charge in [-0.15, -0.1) is 0 Å². The fraction of sp³-hybridized carbons (Fsp3) is 0.467. The summed E-state index contributed by atoms with van der Waals surface area (Å²) < 4.78 is 1.84. The van der Waals surface area contributed by atoms with Gasteiger partial charge in [0.05, 0.1) is 5.69 Å². The van der Waals surface area contributed by atoms with Crippen molar-refractivity contribution in [3.63, 3.8) is 0 Å². The summed E-state index contributed by atoms with van der Waals surface area (Å²) in [5.74, 6) is -0.0345. The number of fused-ring (bicyclic) bond motifs is 1. The Labute approximate surface area is 113 Å². The van der Waals surface area contributed by atoms with Crippen molar-refractivity contribution in [3.8, 4) is 0 Å². The van der Waals surface area contributed by atoms with Crippen LogP contribution in [0, 0.1) is 6.92 Å². The van der Waals surface area contributed by atoms with E-state index in [9.17, 15) is 4.79 Å². The predicted molar refractivity (Wildman–Crippen MR) is 76.4 cm³/mol. The minimum absolute atomic E-state index is 0.0345. The van der Waals surface area contributed by atoms with Gasteiger partial charge in [-0.2, -0.15) is 0 Å². The van der Waals surface area contributed by atoms with Crippen LogP contribution in [-0.4, -0.2) is 21.8 Å². The van der Waals surface area contributed by atoms with Crippen molar-refractivity contribution in [3.05, 3.63) is 35.8 Å². The Morgan fingerprint density at radius 3 is 2.95 bits per heavy atom. The number of aromatic nitrogens is 2. The maximum atomic E-state index is 12.2. The van der Waals surface area contributed by atoms with Crippen LogP contribution in [0.1, 0.15) is 48.8 Å². The topological polar surface area (TPSA) is 46.4 Å². The molecule has 2 heterocycles. The lowest BCUT2D eigenvalue weighted by Crippen LogP contribution is -2.26. The van der Waals surface area contributed by atoms with Crippen molar-refractivity contribution < 1.29 is 4.79 Å². The largest absolute Gasteiger partial charge is 0.351 e. The van der Waals surface area contributed by atoms with E-state index in [0.29, 0.717) is 5.69 Å². The summed E-state index contributed by atoms with van der Waals surface area (Å²) in [6.07, 6.45) is 6.52. The summed E-state index contributed by atoms with van der Waals surface area (Å²) in [5, 5.41) is 2.98. The van der Waals surface area contributed by atoms with Gasteiger partial charge in [0, 0.05) is 12.7 Å². The second kappa shape index (κ2) is 6.36. The lowest BCUT2D eigenvalue weighted by atomic mass is 10.2. The Hall–Kier alpha value is -1.84. The summed E-state index contributed by atoms with van der Waals surface area (Å²) in [4.78, 5) is 16.6. The maximum Gasteiger partial charge on any atom is 0.270 e. The van der Waals surface area contributed by atoms with Gasteiger partial charge >= 0.3 is 0 Å². The highest BCUT2D eigenvalue weighted by atomic mass is 16.1. The van der Waals surface area contributed by atoms with Crippen molar-refractivity contribution >= 4 is 11.6 Å². The molecule has 2 aromatic heterocycles. The number of rotatable bonds is 6. The zero-order valence-corrected chi connectivity index (χ0v) is 11.6.